The molecule has 1 saturated heterocycles. The smallest absolute Gasteiger partial charge is 0.163 e. The molecule has 0 amide bonds. The van der Waals surface area contributed by atoms with Crippen molar-refractivity contribution in [3.63, 3.8) is 0 Å². The number of rotatable bonds is 5. The van der Waals surface area contributed by atoms with E-state index in [-0.39, 0.29) is 10.9 Å². The van der Waals surface area contributed by atoms with Crippen LogP contribution >= 0.6 is 0 Å². The Labute approximate surface area is 118 Å². The Balaban J connectivity index is 2.39. The summed E-state index contributed by atoms with van der Waals surface area (Å²) in [6.45, 7) is 9.93. The molecule has 1 unspecified atom stereocenters. The lowest BCUT2D eigenvalue weighted by Crippen LogP contribution is -2.39. The van der Waals surface area contributed by atoms with Gasteiger partial charge >= 0.3 is 0 Å². The Bertz CT molecular complexity index is 371. The van der Waals surface area contributed by atoms with Crippen molar-refractivity contribution in [2.45, 2.75) is 70.1 Å². The second-order valence-electron chi connectivity index (χ2n) is 6.21. The molecule has 0 aromatic heterocycles. The van der Waals surface area contributed by atoms with E-state index < -0.39 is 22.8 Å². The van der Waals surface area contributed by atoms with Crippen molar-refractivity contribution in [1.29, 1.82) is 5.26 Å². The van der Waals surface area contributed by atoms with Gasteiger partial charge in [-0.3, -0.25) is 0 Å². The van der Waals surface area contributed by atoms with Gasteiger partial charge in [0.05, 0.1) is 34.5 Å². The second kappa shape index (κ2) is 6.31. The summed E-state index contributed by atoms with van der Waals surface area (Å²) in [6.07, 6.45) is 1.33. The Morgan fingerprint density at radius 1 is 1.53 bits per heavy atom. The molecular weight excluding hydrogens is 264 g/mol. The predicted molar refractivity (Wildman–Crippen MR) is 74.6 cm³/mol. The number of hydrogen-bond acceptors (Lipinski definition) is 4. The highest BCUT2D eigenvalue weighted by molar-refractivity contribution is 7.84. The molecule has 1 rings (SSSR count). The van der Waals surface area contributed by atoms with Gasteiger partial charge in [-0.2, -0.15) is 5.26 Å². The van der Waals surface area contributed by atoms with E-state index in [4.69, 9.17) is 14.7 Å². The molecule has 0 aromatic carbocycles. The highest BCUT2D eigenvalue weighted by Crippen LogP contribution is 2.25. The molecule has 0 aromatic rings. The van der Waals surface area contributed by atoms with Crippen LogP contribution in [0.2, 0.25) is 0 Å². The van der Waals surface area contributed by atoms with Gasteiger partial charge in [0.2, 0.25) is 0 Å². The number of hydrogen-bond donors (Lipinski definition) is 1. The first-order valence-electron chi connectivity index (χ1n) is 6.53. The molecule has 0 saturated carbocycles. The minimum atomic E-state index is -1.23. The molecular formula is C13H24N2O3S. The van der Waals surface area contributed by atoms with Crippen LogP contribution in [0.15, 0.2) is 0 Å². The average Bonchev–Trinajstić information content (AvgIpc) is 2.62. The van der Waals surface area contributed by atoms with Gasteiger partial charge in [-0.1, -0.05) is 0 Å². The summed E-state index contributed by atoms with van der Waals surface area (Å²) in [4.78, 5) is 0. The third kappa shape index (κ3) is 5.57. The molecule has 5 nitrogen and oxygen atoms in total. The minimum absolute atomic E-state index is 0.00993. The van der Waals surface area contributed by atoms with Crippen molar-refractivity contribution in [1.82, 2.24) is 4.72 Å². The quantitative estimate of drug-likeness (QED) is 0.838. The van der Waals surface area contributed by atoms with Crippen molar-refractivity contribution in [3.05, 3.63) is 0 Å². The maximum absolute atomic E-state index is 11.9. The number of nitrogens with one attached hydrogen (secondary N) is 1. The molecule has 0 spiro atoms. The van der Waals surface area contributed by atoms with Crippen LogP contribution < -0.4 is 4.72 Å². The number of nitrogens with zero attached hydrogens (tertiary/aromatic N) is 1. The van der Waals surface area contributed by atoms with Crippen LogP contribution in [-0.2, 0) is 20.5 Å². The maximum atomic E-state index is 11.9. The zero-order valence-corrected chi connectivity index (χ0v) is 13.2. The Kier molecular flexibility index (Phi) is 5.51. The second-order valence-corrected chi connectivity index (χ2v) is 8.21. The number of ether oxygens (including phenoxy) is 2. The van der Waals surface area contributed by atoms with Crippen LogP contribution in [0.1, 0.15) is 47.5 Å². The van der Waals surface area contributed by atoms with Gasteiger partial charge in [0.1, 0.15) is 6.04 Å². The van der Waals surface area contributed by atoms with Gasteiger partial charge in [-0.05, 0) is 47.5 Å². The Hall–Kier alpha value is -0.480. The summed E-state index contributed by atoms with van der Waals surface area (Å²) in [7, 11) is -1.23. The zero-order chi connectivity index (χ0) is 14.7. The van der Waals surface area contributed by atoms with Crippen LogP contribution in [0, 0.1) is 11.3 Å². The van der Waals surface area contributed by atoms with Gasteiger partial charge in [0, 0.05) is 0 Å². The van der Waals surface area contributed by atoms with E-state index in [9.17, 15) is 4.21 Å². The Morgan fingerprint density at radius 2 is 2.16 bits per heavy atom. The molecule has 110 valence electrons. The maximum Gasteiger partial charge on any atom is 0.163 e. The molecule has 1 aliphatic heterocycles. The van der Waals surface area contributed by atoms with Gasteiger partial charge in [-0.25, -0.2) is 8.93 Å². The lowest BCUT2D eigenvalue weighted by Gasteiger charge is -2.21. The lowest BCUT2D eigenvalue weighted by molar-refractivity contribution is -0.139. The van der Waals surface area contributed by atoms with Crippen molar-refractivity contribution >= 4 is 11.0 Å². The van der Waals surface area contributed by atoms with Crippen LogP contribution in [0.4, 0.5) is 0 Å². The molecule has 1 fully saturated rings. The molecule has 1 N–H and O–H groups in total. The molecule has 1 aliphatic rings. The number of nitriles is 1. The summed E-state index contributed by atoms with van der Waals surface area (Å²) in [5.74, 6) is -0.533. The van der Waals surface area contributed by atoms with Crippen LogP contribution in [-0.4, -0.2) is 33.5 Å². The van der Waals surface area contributed by atoms with Crippen molar-refractivity contribution < 1.29 is 13.7 Å². The van der Waals surface area contributed by atoms with Crippen LogP contribution in [0.25, 0.3) is 0 Å². The normalized spacial score (nSPS) is 25.8. The van der Waals surface area contributed by atoms with Gasteiger partial charge in [0.25, 0.3) is 0 Å². The first-order chi connectivity index (χ1) is 8.64. The van der Waals surface area contributed by atoms with Crippen molar-refractivity contribution in [2.24, 2.45) is 0 Å². The molecule has 0 aliphatic carbocycles. The van der Waals surface area contributed by atoms with E-state index in [1.54, 1.807) is 0 Å². The first kappa shape index (κ1) is 16.6. The third-order valence-electron chi connectivity index (χ3n) is 2.81. The molecule has 0 bridgehead atoms. The van der Waals surface area contributed by atoms with Gasteiger partial charge in [0.15, 0.2) is 5.79 Å². The summed E-state index contributed by atoms with van der Waals surface area (Å²) >= 11 is 0. The van der Waals surface area contributed by atoms with E-state index in [1.807, 2.05) is 34.6 Å². The standard InChI is InChI=1S/C13H24N2O3S/c1-12(2,3)19(16)15-10(8-14)6-7-11-9-17-13(4,5)18-11/h10-11,15H,6-7,9H2,1-5H3/t10-,11-,19?/m1/s1. The Morgan fingerprint density at radius 3 is 2.58 bits per heavy atom. The summed E-state index contributed by atoms with van der Waals surface area (Å²) in [5.41, 5.74) is 0. The molecule has 1 heterocycles. The summed E-state index contributed by atoms with van der Waals surface area (Å²) < 4.78 is 25.6. The topological polar surface area (TPSA) is 71.3 Å². The molecule has 0 radical (unpaired) electrons. The lowest BCUT2D eigenvalue weighted by atomic mass is 10.1. The van der Waals surface area contributed by atoms with E-state index >= 15 is 0 Å². The van der Waals surface area contributed by atoms with Crippen molar-refractivity contribution in [3.8, 4) is 6.07 Å². The first-order valence-corrected chi connectivity index (χ1v) is 7.68. The van der Waals surface area contributed by atoms with E-state index in [0.29, 0.717) is 13.0 Å². The summed E-state index contributed by atoms with van der Waals surface area (Å²) in [5, 5.41) is 9.10. The summed E-state index contributed by atoms with van der Waals surface area (Å²) in [6, 6.07) is 1.73. The SMILES string of the molecule is CC1(C)OC[C@@H](CC[C@H](C#N)NS(=O)C(C)(C)C)O1. The molecule has 19 heavy (non-hydrogen) atoms. The minimum Gasteiger partial charge on any atom is -0.348 e. The van der Waals surface area contributed by atoms with E-state index in [1.165, 1.54) is 0 Å². The van der Waals surface area contributed by atoms with Crippen LogP contribution in [0.3, 0.4) is 0 Å². The predicted octanol–water partition coefficient (Wildman–Crippen LogP) is 1.86. The highest BCUT2D eigenvalue weighted by Gasteiger charge is 2.33. The van der Waals surface area contributed by atoms with E-state index in [2.05, 4.69) is 10.8 Å². The fourth-order valence-electron chi connectivity index (χ4n) is 1.71. The molecule has 6 heteroatoms. The average molecular weight is 288 g/mol. The van der Waals surface area contributed by atoms with Crippen molar-refractivity contribution in [2.75, 3.05) is 6.61 Å². The largest absolute Gasteiger partial charge is 0.348 e. The highest BCUT2D eigenvalue weighted by atomic mass is 32.2. The zero-order valence-electron chi connectivity index (χ0n) is 12.4. The van der Waals surface area contributed by atoms with Gasteiger partial charge < -0.3 is 9.47 Å². The van der Waals surface area contributed by atoms with Gasteiger partial charge in [-0.15, -0.1) is 0 Å². The monoisotopic (exact) mass is 288 g/mol. The van der Waals surface area contributed by atoms with Crippen LogP contribution in [0.5, 0.6) is 0 Å². The third-order valence-corrected chi connectivity index (χ3v) is 4.42. The fraction of sp³-hybridized carbons (Fsp3) is 0.923. The molecule has 3 atom stereocenters. The van der Waals surface area contributed by atoms with E-state index in [0.717, 1.165) is 6.42 Å². The fourth-order valence-corrected chi connectivity index (χ4v) is 2.50.